The first-order valence-electron chi connectivity index (χ1n) is 24.3. The SMILES string of the molecule is CC1(C)CCc2c(C(=O)Nc3ccn(C4COCC4c4ccccc4)n3)n[nH]c2C1.CC1(C)CCc2c(C(=O)O)nn(COCC[Si](C)(C)C)c2C1.Nc1cnn(C2COCC2c2ccccc2)c1. The van der Waals surface area contributed by atoms with Crippen LogP contribution in [-0.4, -0.2) is 97.6 Å². The number of carbonyl (C=O) groups excluding carboxylic acids is 1. The zero-order chi connectivity index (χ0) is 48.9. The van der Waals surface area contributed by atoms with E-state index in [1.807, 2.05) is 52.1 Å². The Balaban J connectivity index is 0.000000146. The van der Waals surface area contributed by atoms with E-state index in [-0.39, 0.29) is 40.4 Å². The molecule has 4 atom stereocenters. The molecule has 10 rings (SSSR count). The van der Waals surface area contributed by atoms with Crippen molar-refractivity contribution in [1.29, 1.82) is 0 Å². The lowest BCUT2D eigenvalue weighted by Gasteiger charge is -2.30. The van der Waals surface area contributed by atoms with Crippen molar-refractivity contribution in [3.05, 3.63) is 130 Å². The molecule has 2 aliphatic carbocycles. The first-order valence-corrected chi connectivity index (χ1v) is 28.0. The number of hydrogen-bond acceptors (Lipinski definition) is 10. The van der Waals surface area contributed by atoms with Crippen molar-refractivity contribution in [3.63, 3.8) is 0 Å². The molecule has 4 unspecified atom stereocenters. The summed E-state index contributed by atoms with van der Waals surface area (Å²) in [6.07, 6.45) is 11.0. The largest absolute Gasteiger partial charge is 0.476 e. The summed E-state index contributed by atoms with van der Waals surface area (Å²) in [6, 6.07) is 24.1. The van der Waals surface area contributed by atoms with E-state index in [9.17, 15) is 14.7 Å². The fourth-order valence-electron chi connectivity index (χ4n) is 9.79. The van der Waals surface area contributed by atoms with Gasteiger partial charge in [-0.15, -0.1) is 0 Å². The van der Waals surface area contributed by atoms with Gasteiger partial charge >= 0.3 is 5.97 Å². The van der Waals surface area contributed by atoms with Crippen LogP contribution in [0.2, 0.25) is 25.7 Å². The van der Waals surface area contributed by atoms with E-state index in [4.69, 9.17) is 19.9 Å². The smallest absolute Gasteiger partial charge is 0.356 e. The van der Waals surface area contributed by atoms with E-state index in [0.717, 1.165) is 80.3 Å². The Bertz CT molecular complexity index is 2670. The fourth-order valence-corrected chi connectivity index (χ4v) is 10.5. The number of hydrogen-bond donors (Lipinski definition) is 4. The van der Waals surface area contributed by atoms with Gasteiger partial charge in [0.15, 0.2) is 17.2 Å². The molecule has 0 bridgehead atoms. The third kappa shape index (κ3) is 12.3. The average Bonchev–Trinajstić information content (AvgIpc) is 4.18. The van der Waals surface area contributed by atoms with Crippen LogP contribution in [0.15, 0.2) is 85.3 Å². The molecule has 1 amide bonds. The summed E-state index contributed by atoms with van der Waals surface area (Å²) in [4.78, 5) is 24.3. The van der Waals surface area contributed by atoms with Gasteiger partial charge in [0.05, 0.1) is 50.4 Å². The number of nitrogens with two attached hydrogens (primary N) is 1. The standard InChI is InChI=1S/C23H27N5O2.C16H28N2O3Si.C13H15N3O/c1-23(2)10-8-16-18(12-23)25-26-21(16)22(29)24-20-9-11-28(27-20)19-14-30-13-17(19)15-6-4-3-5-7-15;1-16(2)7-6-12-13(10-16)18(17-14(12)15(19)20)11-21-8-9-22(3,4)5;14-11-6-15-16(7-11)13-9-17-8-12(13)10-4-2-1-3-5-10/h3-7,9,11,17,19H,8,10,12-14H2,1-2H3,(H,25,26)(H,24,27,29);6-11H2,1-5H3,(H,19,20);1-7,12-13H,8-9,14H2. The minimum Gasteiger partial charge on any atom is -0.476 e. The fraction of sp³-hybridized carbons (Fsp3) is 0.500. The molecular formula is C52H70N10O6Si. The van der Waals surface area contributed by atoms with Crippen LogP contribution in [-0.2, 0) is 46.6 Å². The minimum absolute atomic E-state index is 0.110. The number of nitrogen functional groups attached to an aromatic ring is 1. The lowest BCUT2D eigenvalue weighted by Crippen LogP contribution is -2.25. The van der Waals surface area contributed by atoms with Crippen molar-refractivity contribution in [3.8, 4) is 0 Å². The number of aromatic amines is 1. The summed E-state index contributed by atoms with van der Waals surface area (Å²) in [5.41, 5.74) is 14.1. The highest BCUT2D eigenvalue weighted by atomic mass is 28.3. The Morgan fingerprint density at radius 1 is 0.826 bits per heavy atom. The normalized spacial score (nSPS) is 21.3. The molecule has 2 aliphatic heterocycles. The molecule has 2 saturated heterocycles. The molecule has 4 aromatic heterocycles. The van der Waals surface area contributed by atoms with Crippen LogP contribution in [0, 0.1) is 10.8 Å². The van der Waals surface area contributed by atoms with Gasteiger partial charge in [-0.1, -0.05) is 108 Å². The molecule has 0 spiro atoms. The molecule has 4 aliphatic rings. The van der Waals surface area contributed by atoms with Crippen LogP contribution >= 0.6 is 0 Å². The molecule has 368 valence electrons. The highest BCUT2D eigenvalue weighted by Crippen LogP contribution is 2.38. The highest BCUT2D eigenvalue weighted by molar-refractivity contribution is 6.76. The number of carboxylic acid groups (broad SMARTS) is 1. The molecule has 17 heteroatoms. The van der Waals surface area contributed by atoms with Crippen molar-refractivity contribution in [2.45, 2.75) is 123 Å². The number of carbonyl (C=O) groups is 2. The Morgan fingerprint density at radius 2 is 1.43 bits per heavy atom. The molecule has 5 N–H and O–H groups in total. The zero-order valence-electron chi connectivity index (χ0n) is 41.3. The zero-order valence-corrected chi connectivity index (χ0v) is 42.3. The van der Waals surface area contributed by atoms with Crippen molar-refractivity contribution >= 4 is 31.5 Å². The van der Waals surface area contributed by atoms with Gasteiger partial charge in [0.25, 0.3) is 5.91 Å². The second-order valence-electron chi connectivity index (χ2n) is 21.8. The number of fused-ring (bicyclic) bond motifs is 2. The van der Waals surface area contributed by atoms with Gasteiger partial charge in [0, 0.05) is 67.5 Å². The maximum Gasteiger partial charge on any atom is 0.356 e. The van der Waals surface area contributed by atoms with E-state index in [1.54, 1.807) is 10.9 Å². The average molecular weight is 959 g/mol. The van der Waals surface area contributed by atoms with Crippen LogP contribution in [0.4, 0.5) is 11.5 Å². The molecular weight excluding hydrogens is 889 g/mol. The van der Waals surface area contributed by atoms with Crippen molar-refractivity contribution in [1.82, 2.24) is 39.5 Å². The number of H-pyrrole nitrogens is 1. The molecule has 6 heterocycles. The number of aromatic carboxylic acids is 1. The van der Waals surface area contributed by atoms with Crippen LogP contribution in [0.1, 0.15) is 119 Å². The van der Waals surface area contributed by atoms with Gasteiger partial charge in [-0.05, 0) is 66.5 Å². The maximum atomic E-state index is 12.9. The van der Waals surface area contributed by atoms with Gasteiger partial charge in [-0.25, -0.2) is 9.48 Å². The van der Waals surface area contributed by atoms with E-state index in [0.29, 0.717) is 49.7 Å². The molecule has 16 nitrogen and oxygen atoms in total. The minimum atomic E-state index is -1.11. The van der Waals surface area contributed by atoms with E-state index in [1.165, 1.54) is 11.1 Å². The Hall–Kier alpha value is -5.88. The topological polar surface area (TPSA) is 202 Å². The van der Waals surface area contributed by atoms with Crippen LogP contribution in [0.3, 0.4) is 0 Å². The highest BCUT2D eigenvalue weighted by Gasteiger charge is 2.35. The van der Waals surface area contributed by atoms with Crippen LogP contribution < -0.4 is 11.1 Å². The quantitative estimate of drug-likeness (QED) is 0.0674. The van der Waals surface area contributed by atoms with Crippen molar-refractivity contribution in [2.24, 2.45) is 10.8 Å². The predicted molar refractivity (Wildman–Crippen MR) is 268 cm³/mol. The second-order valence-corrected chi connectivity index (χ2v) is 27.4. The number of aromatic nitrogens is 8. The number of ether oxygens (including phenoxy) is 3. The number of amides is 1. The summed E-state index contributed by atoms with van der Waals surface area (Å²) in [7, 11) is -1.11. The molecule has 2 fully saturated rings. The molecule has 0 saturated carbocycles. The maximum absolute atomic E-state index is 12.9. The predicted octanol–water partition coefficient (Wildman–Crippen LogP) is 8.96. The second kappa shape index (κ2) is 21.0. The van der Waals surface area contributed by atoms with Crippen molar-refractivity contribution < 1.29 is 28.9 Å². The van der Waals surface area contributed by atoms with Gasteiger partial charge in [0.1, 0.15) is 6.73 Å². The van der Waals surface area contributed by atoms with E-state index in [2.05, 4.69) is 115 Å². The summed E-state index contributed by atoms with van der Waals surface area (Å²) in [5, 5.41) is 32.8. The third-order valence-electron chi connectivity index (χ3n) is 13.9. The number of anilines is 2. The number of nitrogens with zero attached hydrogens (tertiary/aromatic N) is 7. The molecule has 69 heavy (non-hydrogen) atoms. The van der Waals surface area contributed by atoms with Crippen LogP contribution in [0.25, 0.3) is 0 Å². The number of nitrogens with one attached hydrogen (secondary N) is 2. The molecule has 0 radical (unpaired) electrons. The van der Waals surface area contributed by atoms with Gasteiger partial charge < -0.3 is 30.4 Å². The van der Waals surface area contributed by atoms with Gasteiger partial charge in [-0.3, -0.25) is 19.3 Å². The molecule has 2 aromatic carbocycles. The monoisotopic (exact) mass is 959 g/mol. The Morgan fingerprint density at radius 3 is 2.03 bits per heavy atom. The van der Waals surface area contributed by atoms with Crippen LogP contribution in [0.5, 0.6) is 0 Å². The number of benzene rings is 2. The summed E-state index contributed by atoms with van der Waals surface area (Å²) < 4.78 is 22.7. The van der Waals surface area contributed by atoms with E-state index >= 15 is 0 Å². The lowest BCUT2D eigenvalue weighted by molar-refractivity contribution is 0.0667. The first-order chi connectivity index (χ1) is 32.9. The van der Waals surface area contributed by atoms with Gasteiger partial charge in [-0.2, -0.15) is 20.4 Å². The lowest BCUT2D eigenvalue weighted by atomic mass is 9.76. The van der Waals surface area contributed by atoms with E-state index < -0.39 is 14.0 Å². The third-order valence-corrected chi connectivity index (χ3v) is 15.6. The van der Waals surface area contributed by atoms with Crippen molar-refractivity contribution in [2.75, 3.05) is 44.1 Å². The summed E-state index contributed by atoms with van der Waals surface area (Å²) in [5.74, 6) is -0.00462. The summed E-state index contributed by atoms with van der Waals surface area (Å²) >= 11 is 0. The Kier molecular flexibility index (Phi) is 15.1. The Labute approximate surface area is 406 Å². The van der Waals surface area contributed by atoms with Gasteiger partial charge in [0.2, 0.25) is 0 Å². The molecule has 6 aromatic rings. The first kappa shape index (κ1) is 49.5. The number of rotatable bonds is 12. The summed E-state index contributed by atoms with van der Waals surface area (Å²) in [6.45, 7) is 19.7. The number of carboxylic acids is 1.